The molecule has 2 N–H and O–H groups in total. The first-order valence-corrected chi connectivity index (χ1v) is 5.79. The van der Waals surface area contributed by atoms with E-state index in [0.29, 0.717) is 17.9 Å². The van der Waals surface area contributed by atoms with Gasteiger partial charge in [0.1, 0.15) is 17.6 Å². The molecule has 0 radical (unpaired) electrons. The van der Waals surface area contributed by atoms with E-state index in [2.05, 4.69) is 0 Å². The lowest BCUT2D eigenvalue weighted by Crippen LogP contribution is -2.17. The molecule has 1 aromatic rings. The molecule has 0 aliphatic heterocycles. The van der Waals surface area contributed by atoms with Crippen LogP contribution < -0.4 is 15.2 Å². The molecule has 0 aliphatic rings. The van der Waals surface area contributed by atoms with Gasteiger partial charge in [0.2, 0.25) is 0 Å². The van der Waals surface area contributed by atoms with E-state index in [4.69, 9.17) is 19.9 Å². The molecule has 0 saturated heterocycles. The van der Waals surface area contributed by atoms with Crippen LogP contribution in [0.2, 0.25) is 0 Å². The minimum atomic E-state index is -0.782. The zero-order valence-corrected chi connectivity index (χ0v) is 10.9. The molecule has 1 rings (SSSR count). The average Bonchev–Trinajstić information content (AvgIpc) is 2.37. The SMILES string of the molecule is CCCC(OC(N)=O)c1cc(OC)cc(OC)c1. The van der Waals surface area contributed by atoms with E-state index in [1.807, 2.05) is 19.1 Å². The molecule has 0 aliphatic carbocycles. The number of rotatable bonds is 6. The first kappa shape index (κ1) is 14.2. The van der Waals surface area contributed by atoms with E-state index in [1.54, 1.807) is 20.3 Å². The van der Waals surface area contributed by atoms with E-state index >= 15 is 0 Å². The molecule has 1 atom stereocenters. The van der Waals surface area contributed by atoms with E-state index < -0.39 is 6.09 Å². The summed E-state index contributed by atoms with van der Waals surface area (Å²) >= 11 is 0. The summed E-state index contributed by atoms with van der Waals surface area (Å²) < 4.78 is 15.5. The predicted octanol–water partition coefficient (Wildman–Crippen LogP) is 2.64. The van der Waals surface area contributed by atoms with Crippen LogP contribution in [-0.2, 0) is 4.74 Å². The molecular formula is C13H19NO4. The maximum atomic E-state index is 10.9. The standard InChI is InChI=1S/C13H19NO4/c1-4-5-12(18-13(14)15)9-6-10(16-2)8-11(7-9)17-3/h6-8,12H,4-5H2,1-3H3,(H2,14,15). The Morgan fingerprint density at radius 2 is 1.78 bits per heavy atom. The largest absolute Gasteiger partial charge is 0.497 e. The molecule has 0 bridgehead atoms. The number of carbonyl (C=O) groups is 1. The number of nitrogens with two attached hydrogens (primary N) is 1. The number of hydrogen-bond donors (Lipinski definition) is 1. The molecule has 100 valence electrons. The lowest BCUT2D eigenvalue weighted by atomic mass is 10.0. The Labute approximate surface area is 107 Å². The van der Waals surface area contributed by atoms with Crippen molar-refractivity contribution >= 4 is 6.09 Å². The summed E-state index contributed by atoms with van der Waals surface area (Å²) in [7, 11) is 3.14. The Kier molecular flexibility index (Phi) is 5.30. The van der Waals surface area contributed by atoms with Gasteiger partial charge in [-0.2, -0.15) is 0 Å². The Morgan fingerprint density at radius 1 is 1.22 bits per heavy atom. The topological polar surface area (TPSA) is 70.8 Å². The fraction of sp³-hybridized carbons (Fsp3) is 0.462. The highest BCUT2D eigenvalue weighted by Gasteiger charge is 2.16. The van der Waals surface area contributed by atoms with Crippen LogP contribution >= 0.6 is 0 Å². The number of ether oxygens (including phenoxy) is 3. The van der Waals surface area contributed by atoms with Crippen LogP contribution in [0.5, 0.6) is 11.5 Å². The number of primary amides is 1. The molecule has 0 heterocycles. The van der Waals surface area contributed by atoms with E-state index in [0.717, 1.165) is 12.0 Å². The summed E-state index contributed by atoms with van der Waals surface area (Å²) in [5, 5.41) is 0. The third kappa shape index (κ3) is 3.84. The van der Waals surface area contributed by atoms with Crippen molar-refractivity contribution in [3.8, 4) is 11.5 Å². The average molecular weight is 253 g/mol. The van der Waals surface area contributed by atoms with Gasteiger partial charge in [-0.25, -0.2) is 4.79 Å². The second-order valence-electron chi connectivity index (χ2n) is 3.86. The van der Waals surface area contributed by atoms with Gasteiger partial charge in [0, 0.05) is 6.07 Å². The minimum Gasteiger partial charge on any atom is -0.497 e. The number of benzene rings is 1. The minimum absolute atomic E-state index is 0.378. The van der Waals surface area contributed by atoms with Crippen molar-refractivity contribution in [1.82, 2.24) is 0 Å². The van der Waals surface area contributed by atoms with Gasteiger partial charge in [-0.05, 0) is 24.1 Å². The summed E-state index contributed by atoms with van der Waals surface area (Å²) in [6.45, 7) is 2.01. The van der Waals surface area contributed by atoms with Crippen molar-refractivity contribution in [3.05, 3.63) is 23.8 Å². The Hall–Kier alpha value is -1.91. The first-order chi connectivity index (χ1) is 8.60. The maximum Gasteiger partial charge on any atom is 0.405 e. The fourth-order valence-corrected chi connectivity index (χ4v) is 1.71. The third-order valence-electron chi connectivity index (χ3n) is 2.55. The van der Waals surface area contributed by atoms with E-state index in [1.165, 1.54) is 0 Å². The van der Waals surface area contributed by atoms with Gasteiger partial charge < -0.3 is 19.9 Å². The van der Waals surface area contributed by atoms with Crippen LogP contribution in [-0.4, -0.2) is 20.3 Å². The van der Waals surface area contributed by atoms with Crippen molar-refractivity contribution in [3.63, 3.8) is 0 Å². The second kappa shape index (κ2) is 6.74. The number of carbonyl (C=O) groups excluding carboxylic acids is 1. The van der Waals surface area contributed by atoms with Gasteiger partial charge in [-0.1, -0.05) is 13.3 Å². The molecule has 1 amide bonds. The highest BCUT2D eigenvalue weighted by atomic mass is 16.6. The molecule has 0 saturated carbocycles. The summed E-state index contributed by atoms with van der Waals surface area (Å²) in [6.07, 6.45) is 0.406. The Bertz CT molecular complexity index is 384. The fourth-order valence-electron chi connectivity index (χ4n) is 1.71. The predicted molar refractivity (Wildman–Crippen MR) is 67.9 cm³/mol. The molecule has 5 heteroatoms. The molecule has 0 spiro atoms. The van der Waals surface area contributed by atoms with Gasteiger partial charge in [0.15, 0.2) is 0 Å². The lowest BCUT2D eigenvalue weighted by molar-refractivity contribution is 0.100. The molecule has 18 heavy (non-hydrogen) atoms. The molecule has 0 fully saturated rings. The quantitative estimate of drug-likeness (QED) is 0.846. The summed E-state index contributed by atoms with van der Waals surface area (Å²) in [5.41, 5.74) is 5.89. The van der Waals surface area contributed by atoms with Gasteiger partial charge in [-0.15, -0.1) is 0 Å². The Morgan fingerprint density at radius 3 is 2.17 bits per heavy atom. The summed E-state index contributed by atoms with van der Waals surface area (Å²) in [6, 6.07) is 5.38. The van der Waals surface area contributed by atoms with E-state index in [-0.39, 0.29) is 6.10 Å². The van der Waals surface area contributed by atoms with Crippen LogP contribution in [0, 0.1) is 0 Å². The van der Waals surface area contributed by atoms with Crippen molar-refractivity contribution in [2.45, 2.75) is 25.9 Å². The van der Waals surface area contributed by atoms with Crippen LogP contribution in [0.15, 0.2) is 18.2 Å². The smallest absolute Gasteiger partial charge is 0.405 e. The zero-order valence-electron chi connectivity index (χ0n) is 10.9. The molecule has 0 aromatic heterocycles. The van der Waals surface area contributed by atoms with Gasteiger partial charge in [-0.3, -0.25) is 0 Å². The second-order valence-corrected chi connectivity index (χ2v) is 3.86. The van der Waals surface area contributed by atoms with Crippen molar-refractivity contribution in [2.75, 3.05) is 14.2 Å². The van der Waals surface area contributed by atoms with Crippen molar-refractivity contribution < 1.29 is 19.0 Å². The van der Waals surface area contributed by atoms with Gasteiger partial charge >= 0.3 is 6.09 Å². The zero-order chi connectivity index (χ0) is 13.5. The first-order valence-electron chi connectivity index (χ1n) is 5.79. The molecular weight excluding hydrogens is 234 g/mol. The number of amides is 1. The van der Waals surface area contributed by atoms with Gasteiger partial charge in [0.05, 0.1) is 14.2 Å². The molecule has 5 nitrogen and oxygen atoms in total. The lowest BCUT2D eigenvalue weighted by Gasteiger charge is -2.18. The Balaban J connectivity index is 3.05. The number of methoxy groups -OCH3 is 2. The number of hydrogen-bond acceptors (Lipinski definition) is 4. The summed E-state index contributed by atoms with van der Waals surface area (Å²) in [4.78, 5) is 10.9. The van der Waals surface area contributed by atoms with Crippen molar-refractivity contribution in [1.29, 1.82) is 0 Å². The van der Waals surface area contributed by atoms with E-state index in [9.17, 15) is 4.79 Å². The van der Waals surface area contributed by atoms with Crippen LogP contribution in [0.3, 0.4) is 0 Å². The van der Waals surface area contributed by atoms with Crippen LogP contribution in [0.1, 0.15) is 31.4 Å². The van der Waals surface area contributed by atoms with Crippen LogP contribution in [0.4, 0.5) is 4.79 Å². The van der Waals surface area contributed by atoms with Crippen molar-refractivity contribution in [2.24, 2.45) is 5.73 Å². The third-order valence-corrected chi connectivity index (χ3v) is 2.55. The molecule has 1 aromatic carbocycles. The highest BCUT2D eigenvalue weighted by Crippen LogP contribution is 2.30. The van der Waals surface area contributed by atoms with Gasteiger partial charge in [0.25, 0.3) is 0 Å². The maximum absolute atomic E-state index is 10.9. The monoisotopic (exact) mass is 253 g/mol. The van der Waals surface area contributed by atoms with Crippen LogP contribution in [0.25, 0.3) is 0 Å². The highest BCUT2D eigenvalue weighted by molar-refractivity contribution is 5.65. The normalized spacial score (nSPS) is 11.7. The summed E-state index contributed by atoms with van der Waals surface area (Å²) in [5.74, 6) is 1.30. The molecule has 1 unspecified atom stereocenters.